The van der Waals surface area contributed by atoms with Crippen molar-refractivity contribution in [2.24, 2.45) is 0 Å². The Balaban J connectivity index is 2.36. The fourth-order valence-corrected chi connectivity index (χ4v) is 4.06. The van der Waals surface area contributed by atoms with Crippen molar-refractivity contribution < 1.29 is 4.52 Å². The molecule has 0 atom stereocenters. The van der Waals surface area contributed by atoms with Crippen molar-refractivity contribution in [3.63, 3.8) is 0 Å². The Morgan fingerprint density at radius 1 is 1.00 bits per heavy atom. The maximum absolute atomic E-state index is 6.25. The summed E-state index contributed by atoms with van der Waals surface area (Å²) >= 11 is 0. The van der Waals surface area contributed by atoms with E-state index in [9.17, 15) is 0 Å². The molecule has 1 aromatic carbocycles. The molecule has 0 saturated heterocycles. The highest BCUT2D eigenvalue weighted by molar-refractivity contribution is 7.54. The summed E-state index contributed by atoms with van der Waals surface area (Å²) in [6.07, 6.45) is 1.82. The Labute approximate surface area is 110 Å². The molecule has 0 fully saturated rings. The summed E-state index contributed by atoms with van der Waals surface area (Å²) in [5.41, 5.74) is 2.08. The van der Waals surface area contributed by atoms with Crippen LogP contribution in [0.3, 0.4) is 0 Å². The topological polar surface area (TPSA) is 22.1 Å². The summed E-state index contributed by atoms with van der Waals surface area (Å²) in [7, 11) is -0.468. The van der Waals surface area contributed by atoms with E-state index in [-0.39, 0.29) is 0 Å². The summed E-state index contributed by atoms with van der Waals surface area (Å²) in [5.74, 6) is 0.918. The zero-order valence-electron chi connectivity index (χ0n) is 11.4. The van der Waals surface area contributed by atoms with E-state index in [1.807, 2.05) is 24.4 Å². The predicted molar refractivity (Wildman–Crippen MR) is 79.6 cm³/mol. The van der Waals surface area contributed by atoms with Crippen molar-refractivity contribution in [2.45, 2.75) is 39.0 Å². The van der Waals surface area contributed by atoms with Crippen molar-refractivity contribution >= 4 is 19.1 Å². The molecule has 1 aromatic heterocycles. The quantitative estimate of drug-likeness (QED) is 0.735. The monoisotopic (exact) mass is 261 g/mol. The molecule has 18 heavy (non-hydrogen) atoms. The van der Waals surface area contributed by atoms with Crippen LogP contribution in [0.5, 0.6) is 5.75 Å². The fourth-order valence-electron chi connectivity index (χ4n) is 2.07. The van der Waals surface area contributed by atoms with E-state index in [1.165, 1.54) is 0 Å². The van der Waals surface area contributed by atoms with Crippen LogP contribution in [0, 0.1) is 0 Å². The second-order valence-electron chi connectivity index (χ2n) is 4.97. The molecule has 0 amide bonds. The van der Waals surface area contributed by atoms with Crippen LogP contribution in [0.4, 0.5) is 0 Å². The average Bonchev–Trinajstić information content (AvgIpc) is 2.35. The molecule has 0 spiro atoms. The van der Waals surface area contributed by atoms with Gasteiger partial charge in [-0.05, 0) is 12.1 Å². The highest BCUT2D eigenvalue weighted by Gasteiger charge is 2.20. The molecule has 0 aliphatic heterocycles. The van der Waals surface area contributed by atoms with Gasteiger partial charge >= 0.3 is 0 Å². The lowest BCUT2D eigenvalue weighted by Gasteiger charge is -2.25. The highest BCUT2D eigenvalue weighted by atomic mass is 31.1. The predicted octanol–water partition coefficient (Wildman–Crippen LogP) is 4.83. The zero-order valence-corrected chi connectivity index (χ0v) is 12.3. The van der Waals surface area contributed by atoms with Crippen molar-refractivity contribution in [3.05, 3.63) is 36.5 Å². The smallest absolute Gasteiger partial charge is 0.149 e. The molecule has 96 valence electrons. The van der Waals surface area contributed by atoms with Gasteiger partial charge in [0.25, 0.3) is 0 Å². The van der Waals surface area contributed by atoms with Crippen LogP contribution in [0.2, 0.25) is 0 Å². The Morgan fingerprint density at radius 3 is 2.33 bits per heavy atom. The minimum atomic E-state index is -0.468. The van der Waals surface area contributed by atoms with Gasteiger partial charge in [-0.15, -0.1) is 0 Å². The minimum absolute atomic E-state index is 0.468. The number of hydrogen-bond donors (Lipinski definition) is 0. The molecule has 0 bridgehead atoms. The van der Waals surface area contributed by atoms with E-state index >= 15 is 0 Å². The van der Waals surface area contributed by atoms with E-state index in [0.29, 0.717) is 11.3 Å². The molecular formula is C15H20NOP. The SMILES string of the molecule is CC(C)P(Oc1cccc2cccnc12)C(C)C. The van der Waals surface area contributed by atoms with E-state index < -0.39 is 8.15 Å². The third-order valence-electron chi connectivity index (χ3n) is 2.82. The van der Waals surface area contributed by atoms with Gasteiger partial charge in [-0.3, -0.25) is 4.98 Å². The van der Waals surface area contributed by atoms with E-state index in [2.05, 4.69) is 44.8 Å². The molecule has 2 aromatic rings. The van der Waals surface area contributed by atoms with Crippen LogP contribution in [0.1, 0.15) is 27.7 Å². The lowest BCUT2D eigenvalue weighted by molar-refractivity contribution is 0.597. The van der Waals surface area contributed by atoms with Crippen molar-refractivity contribution in [3.8, 4) is 5.75 Å². The van der Waals surface area contributed by atoms with Gasteiger partial charge in [0.1, 0.15) is 11.3 Å². The summed E-state index contributed by atoms with van der Waals surface area (Å²) in [6, 6.07) is 10.2. The van der Waals surface area contributed by atoms with Crippen molar-refractivity contribution in [1.82, 2.24) is 4.98 Å². The van der Waals surface area contributed by atoms with Gasteiger partial charge in [-0.1, -0.05) is 45.9 Å². The first-order valence-corrected chi connectivity index (χ1v) is 7.79. The van der Waals surface area contributed by atoms with E-state index in [1.54, 1.807) is 0 Å². The normalized spacial score (nSPS) is 11.7. The van der Waals surface area contributed by atoms with Crippen molar-refractivity contribution in [1.29, 1.82) is 0 Å². The minimum Gasteiger partial charge on any atom is -0.471 e. The van der Waals surface area contributed by atoms with Gasteiger partial charge < -0.3 is 4.52 Å². The molecular weight excluding hydrogens is 241 g/mol. The summed E-state index contributed by atoms with van der Waals surface area (Å²) in [6.45, 7) is 8.91. The summed E-state index contributed by atoms with van der Waals surface area (Å²) < 4.78 is 6.25. The third-order valence-corrected chi connectivity index (χ3v) is 5.26. The number of fused-ring (bicyclic) bond motifs is 1. The van der Waals surface area contributed by atoms with E-state index in [4.69, 9.17) is 4.52 Å². The lowest BCUT2D eigenvalue weighted by Crippen LogP contribution is -2.08. The van der Waals surface area contributed by atoms with Crippen LogP contribution < -0.4 is 4.52 Å². The summed E-state index contributed by atoms with van der Waals surface area (Å²) in [5, 5.41) is 1.14. The van der Waals surface area contributed by atoms with Gasteiger partial charge in [-0.25, -0.2) is 0 Å². The Hall–Kier alpha value is -1.14. The van der Waals surface area contributed by atoms with Gasteiger partial charge in [0.05, 0.1) is 8.15 Å². The van der Waals surface area contributed by atoms with Gasteiger partial charge in [-0.2, -0.15) is 0 Å². The molecule has 0 radical (unpaired) electrons. The lowest BCUT2D eigenvalue weighted by atomic mass is 10.2. The molecule has 0 unspecified atom stereocenters. The van der Waals surface area contributed by atoms with Crippen molar-refractivity contribution in [2.75, 3.05) is 0 Å². The maximum atomic E-state index is 6.25. The first kappa shape index (κ1) is 13.3. The number of aromatic nitrogens is 1. The largest absolute Gasteiger partial charge is 0.471 e. The average molecular weight is 261 g/mol. The standard InChI is InChI=1S/C15H20NOP/c1-11(2)18(12(3)4)17-14-9-5-7-13-8-6-10-16-15(13)14/h5-12H,1-4H3. The first-order chi connectivity index (χ1) is 8.59. The van der Waals surface area contributed by atoms with Gasteiger partial charge in [0.15, 0.2) is 0 Å². The number of pyridine rings is 1. The fraction of sp³-hybridized carbons (Fsp3) is 0.400. The molecule has 0 aliphatic carbocycles. The molecule has 0 N–H and O–H groups in total. The molecule has 2 nitrogen and oxygen atoms in total. The molecule has 0 saturated carbocycles. The number of hydrogen-bond acceptors (Lipinski definition) is 2. The van der Waals surface area contributed by atoms with Crippen LogP contribution in [0.15, 0.2) is 36.5 Å². The number of para-hydroxylation sites is 1. The zero-order chi connectivity index (χ0) is 13.1. The Kier molecular flexibility index (Phi) is 4.19. The Morgan fingerprint density at radius 2 is 1.67 bits per heavy atom. The van der Waals surface area contributed by atoms with Crippen LogP contribution in [-0.2, 0) is 0 Å². The maximum Gasteiger partial charge on any atom is 0.149 e. The van der Waals surface area contributed by atoms with Gasteiger partial charge in [0.2, 0.25) is 0 Å². The van der Waals surface area contributed by atoms with Crippen LogP contribution >= 0.6 is 8.15 Å². The van der Waals surface area contributed by atoms with Crippen LogP contribution in [-0.4, -0.2) is 16.3 Å². The molecule has 1 heterocycles. The molecule has 3 heteroatoms. The van der Waals surface area contributed by atoms with Gasteiger partial charge in [0, 0.05) is 22.9 Å². The molecule has 0 aliphatic rings. The number of benzene rings is 1. The number of nitrogens with zero attached hydrogens (tertiary/aromatic N) is 1. The van der Waals surface area contributed by atoms with E-state index in [0.717, 1.165) is 16.7 Å². The summed E-state index contributed by atoms with van der Waals surface area (Å²) in [4.78, 5) is 4.44. The highest BCUT2D eigenvalue weighted by Crippen LogP contribution is 2.48. The first-order valence-electron chi connectivity index (χ1n) is 6.39. The second kappa shape index (κ2) is 5.67. The Bertz CT molecular complexity index is 511. The molecule has 2 rings (SSSR count). The number of rotatable bonds is 4. The second-order valence-corrected chi connectivity index (χ2v) is 7.94. The third kappa shape index (κ3) is 2.81. The van der Waals surface area contributed by atoms with Crippen LogP contribution in [0.25, 0.3) is 10.9 Å².